The fourth-order valence-electron chi connectivity index (χ4n) is 2.57. The number of hydrogen-bond donors (Lipinski definition) is 1. The van der Waals surface area contributed by atoms with Gasteiger partial charge in [0.25, 0.3) is 0 Å². The van der Waals surface area contributed by atoms with Gasteiger partial charge in [-0.15, -0.1) is 11.3 Å². The van der Waals surface area contributed by atoms with Crippen LogP contribution in [0.25, 0.3) is 0 Å². The molecule has 0 spiro atoms. The summed E-state index contributed by atoms with van der Waals surface area (Å²) in [5.74, 6) is 0.0788. The zero-order chi connectivity index (χ0) is 13.8. The van der Waals surface area contributed by atoms with E-state index in [0.29, 0.717) is 19.2 Å². The van der Waals surface area contributed by atoms with Crippen LogP contribution in [-0.4, -0.2) is 43.7 Å². The normalized spacial score (nSPS) is 20.9. The predicted octanol–water partition coefficient (Wildman–Crippen LogP) is 1.82. The molecule has 2 rings (SSSR count). The number of carbonyl (C=O) groups is 1. The van der Waals surface area contributed by atoms with E-state index in [0.717, 1.165) is 13.0 Å². The van der Waals surface area contributed by atoms with Crippen molar-refractivity contribution in [3.63, 3.8) is 0 Å². The van der Waals surface area contributed by atoms with Crippen molar-refractivity contribution in [2.45, 2.75) is 32.4 Å². The predicted molar refractivity (Wildman–Crippen MR) is 77.5 cm³/mol. The highest BCUT2D eigenvalue weighted by atomic mass is 32.1. The van der Waals surface area contributed by atoms with Crippen molar-refractivity contribution in [2.24, 2.45) is 0 Å². The fraction of sp³-hybridized carbons (Fsp3) is 0.643. The summed E-state index contributed by atoms with van der Waals surface area (Å²) < 4.78 is 5.02. The summed E-state index contributed by atoms with van der Waals surface area (Å²) in [6.45, 7) is 6.11. The van der Waals surface area contributed by atoms with Crippen LogP contribution in [0.1, 0.15) is 30.3 Å². The molecule has 2 heterocycles. The van der Waals surface area contributed by atoms with E-state index in [1.807, 2.05) is 18.3 Å². The molecule has 4 nitrogen and oxygen atoms in total. The summed E-state index contributed by atoms with van der Waals surface area (Å²) in [7, 11) is 1.65. The van der Waals surface area contributed by atoms with Gasteiger partial charge in [0.1, 0.15) is 0 Å². The van der Waals surface area contributed by atoms with Gasteiger partial charge in [-0.05, 0) is 37.3 Å². The van der Waals surface area contributed by atoms with Crippen LogP contribution in [-0.2, 0) is 16.0 Å². The SMILES string of the molecule is COC[C@@H](C)NC(=O)CN1CCc2sccc2[C@H]1C. The molecule has 0 aromatic carbocycles. The number of ether oxygens (including phenoxy) is 1. The van der Waals surface area contributed by atoms with Crippen LogP contribution in [0, 0.1) is 0 Å². The lowest BCUT2D eigenvalue weighted by Crippen LogP contribution is -2.44. The van der Waals surface area contributed by atoms with Gasteiger partial charge in [0.15, 0.2) is 0 Å². The van der Waals surface area contributed by atoms with Crippen LogP contribution in [0.5, 0.6) is 0 Å². The van der Waals surface area contributed by atoms with Gasteiger partial charge in [-0.2, -0.15) is 0 Å². The number of fused-ring (bicyclic) bond motifs is 1. The Bertz CT molecular complexity index is 433. The second-order valence-electron chi connectivity index (χ2n) is 5.12. The smallest absolute Gasteiger partial charge is 0.234 e. The minimum Gasteiger partial charge on any atom is -0.383 e. The third kappa shape index (κ3) is 3.55. The molecule has 0 bridgehead atoms. The van der Waals surface area contributed by atoms with Gasteiger partial charge in [-0.25, -0.2) is 0 Å². The molecule has 1 aliphatic heterocycles. The van der Waals surface area contributed by atoms with Crippen molar-refractivity contribution >= 4 is 17.2 Å². The molecule has 1 aromatic rings. The lowest BCUT2D eigenvalue weighted by atomic mass is 10.0. The molecule has 0 fully saturated rings. The van der Waals surface area contributed by atoms with Crippen molar-refractivity contribution in [3.8, 4) is 0 Å². The van der Waals surface area contributed by atoms with E-state index >= 15 is 0 Å². The average Bonchev–Trinajstić information content (AvgIpc) is 2.82. The Morgan fingerprint density at radius 1 is 1.68 bits per heavy atom. The highest BCUT2D eigenvalue weighted by Gasteiger charge is 2.26. The van der Waals surface area contributed by atoms with Gasteiger partial charge in [0.2, 0.25) is 5.91 Å². The zero-order valence-corrected chi connectivity index (χ0v) is 12.6. The molecule has 1 aromatic heterocycles. The Kier molecular flexibility index (Phi) is 4.96. The minimum absolute atomic E-state index is 0.0642. The van der Waals surface area contributed by atoms with Crippen LogP contribution in [0.15, 0.2) is 11.4 Å². The molecule has 1 aliphatic rings. The lowest BCUT2D eigenvalue weighted by molar-refractivity contribution is -0.123. The van der Waals surface area contributed by atoms with E-state index < -0.39 is 0 Å². The molecule has 0 radical (unpaired) electrons. The molecular weight excluding hydrogens is 260 g/mol. The summed E-state index contributed by atoms with van der Waals surface area (Å²) in [6.07, 6.45) is 1.05. The summed E-state index contributed by atoms with van der Waals surface area (Å²) in [4.78, 5) is 15.7. The molecule has 19 heavy (non-hydrogen) atoms. The van der Waals surface area contributed by atoms with Gasteiger partial charge in [0, 0.05) is 30.6 Å². The molecule has 1 N–H and O–H groups in total. The van der Waals surface area contributed by atoms with Gasteiger partial charge < -0.3 is 10.1 Å². The quantitative estimate of drug-likeness (QED) is 0.895. The standard InChI is InChI=1S/C14H22N2O2S/c1-10(9-18-3)15-14(17)8-16-6-4-13-12(11(16)2)5-7-19-13/h5,7,10-11H,4,6,8-9H2,1-3H3,(H,15,17)/t10-,11-/m1/s1. The minimum atomic E-state index is 0.0642. The maximum Gasteiger partial charge on any atom is 0.234 e. The Morgan fingerprint density at radius 3 is 3.21 bits per heavy atom. The molecule has 5 heteroatoms. The molecule has 2 atom stereocenters. The van der Waals surface area contributed by atoms with Gasteiger partial charge in [0.05, 0.1) is 13.2 Å². The van der Waals surface area contributed by atoms with Crippen LogP contribution in [0.3, 0.4) is 0 Å². The largest absolute Gasteiger partial charge is 0.383 e. The number of amides is 1. The summed E-state index contributed by atoms with van der Waals surface area (Å²) in [5.41, 5.74) is 1.38. The number of hydrogen-bond acceptors (Lipinski definition) is 4. The highest BCUT2D eigenvalue weighted by molar-refractivity contribution is 7.10. The number of nitrogens with zero attached hydrogens (tertiary/aromatic N) is 1. The molecule has 0 saturated carbocycles. The van der Waals surface area contributed by atoms with Crippen molar-refractivity contribution in [1.82, 2.24) is 10.2 Å². The molecule has 1 amide bonds. The van der Waals surface area contributed by atoms with E-state index in [2.05, 4.69) is 28.6 Å². The molecule has 0 saturated heterocycles. The second-order valence-corrected chi connectivity index (χ2v) is 6.12. The highest BCUT2D eigenvalue weighted by Crippen LogP contribution is 2.32. The first-order valence-corrected chi connectivity index (χ1v) is 7.58. The number of carbonyl (C=O) groups excluding carboxylic acids is 1. The van der Waals surface area contributed by atoms with Crippen LogP contribution in [0.2, 0.25) is 0 Å². The second kappa shape index (κ2) is 6.50. The fourth-order valence-corrected chi connectivity index (χ4v) is 3.54. The number of methoxy groups -OCH3 is 1. The third-order valence-corrected chi connectivity index (χ3v) is 4.57. The first-order chi connectivity index (χ1) is 9.11. The average molecular weight is 282 g/mol. The Labute approximate surface area is 118 Å². The van der Waals surface area contributed by atoms with E-state index in [1.165, 1.54) is 10.4 Å². The summed E-state index contributed by atoms with van der Waals surface area (Å²) in [5, 5.41) is 5.11. The Morgan fingerprint density at radius 2 is 2.47 bits per heavy atom. The monoisotopic (exact) mass is 282 g/mol. The topological polar surface area (TPSA) is 41.6 Å². The van der Waals surface area contributed by atoms with E-state index in [9.17, 15) is 4.79 Å². The van der Waals surface area contributed by atoms with E-state index in [4.69, 9.17) is 4.74 Å². The van der Waals surface area contributed by atoms with Gasteiger partial charge in [-0.1, -0.05) is 0 Å². The third-order valence-electron chi connectivity index (χ3n) is 3.57. The van der Waals surface area contributed by atoms with Crippen LogP contribution < -0.4 is 5.32 Å². The van der Waals surface area contributed by atoms with Gasteiger partial charge >= 0.3 is 0 Å². The maximum atomic E-state index is 12.0. The molecule has 106 valence electrons. The van der Waals surface area contributed by atoms with E-state index in [-0.39, 0.29) is 11.9 Å². The summed E-state index contributed by atoms with van der Waals surface area (Å²) in [6, 6.07) is 2.58. The van der Waals surface area contributed by atoms with Crippen LogP contribution in [0.4, 0.5) is 0 Å². The molecule has 0 unspecified atom stereocenters. The first-order valence-electron chi connectivity index (χ1n) is 6.70. The van der Waals surface area contributed by atoms with Gasteiger partial charge in [-0.3, -0.25) is 9.69 Å². The number of rotatable bonds is 5. The van der Waals surface area contributed by atoms with Crippen molar-refractivity contribution in [1.29, 1.82) is 0 Å². The molecular formula is C14H22N2O2S. The number of thiophene rings is 1. The van der Waals surface area contributed by atoms with E-state index in [1.54, 1.807) is 7.11 Å². The van der Waals surface area contributed by atoms with Crippen molar-refractivity contribution in [3.05, 3.63) is 21.9 Å². The van der Waals surface area contributed by atoms with Crippen molar-refractivity contribution < 1.29 is 9.53 Å². The number of nitrogens with one attached hydrogen (secondary N) is 1. The Hall–Kier alpha value is -0.910. The van der Waals surface area contributed by atoms with Crippen LogP contribution >= 0.6 is 11.3 Å². The lowest BCUT2D eigenvalue weighted by Gasteiger charge is -2.33. The maximum absolute atomic E-state index is 12.0. The Balaban J connectivity index is 1.88. The summed E-state index contributed by atoms with van der Waals surface area (Å²) >= 11 is 1.82. The zero-order valence-electron chi connectivity index (χ0n) is 11.8. The molecule has 0 aliphatic carbocycles. The first kappa shape index (κ1) is 14.5. The van der Waals surface area contributed by atoms with Crippen molar-refractivity contribution in [2.75, 3.05) is 26.8 Å².